The van der Waals surface area contributed by atoms with Gasteiger partial charge in [0, 0.05) is 27.6 Å². The largest absolute Gasteiger partial charge is 0.435 e. The van der Waals surface area contributed by atoms with E-state index in [1.165, 1.54) is 10.8 Å². The van der Waals surface area contributed by atoms with E-state index < -0.39 is 0 Å². The molecule has 9 rings (SSSR count). The predicted molar refractivity (Wildman–Crippen MR) is 184 cm³/mol. The SMILES string of the molecule is c1ccc(-c2cc(-c3ccc4ccccc4c3)nc(-c3ccc4c(ccc5ccc6nc(-c7ccccc7)oc6c54)c3)n2)cc1. The van der Waals surface area contributed by atoms with Crippen LogP contribution in [0.15, 0.2) is 156 Å². The van der Waals surface area contributed by atoms with Crippen LogP contribution in [0.2, 0.25) is 0 Å². The summed E-state index contributed by atoms with van der Waals surface area (Å²) in [4.78, 5) is 15.0. The lowest BCUT2D eigenvalue weighted by Crippen LogP contribution is -1.96. The second-order valence-electron chi connectivity index (χ2n) is 11.3. The first kappa shape index (κ1) is 25.4. The number of aromatic nitrogens is 3. The van der Waals surface area contributed by atoms with Crippen LogP contribution in [0.25, 0.3) is 88.8 Å². The number of benzene rings is 7. The minimum atomic E-state index is 0.624. The molecule has 0 bridgehead atoms. The van der Waals surface area contributed by atoms with Crippen molar-refractivity contribution >= 4 is 43.4 Å². The van der Waals surface area contributed by atoms with Crippen LogP contribution in [0.1, 0.15) is 0 Å². The van der Waals surface area contributed by atoms with Crippen molar-refractivity contribution in [2.75, 3.05) is 0 Å². The van der Waals surface area contributed by atoms with Gasteiger partial charge in [0.05, 0.1) is 11.4 Å². The van der Waals surface area contributed by atoms with E-state index in [2.05, 4.69) is 97.1 Å². The van der Waals surface area contributed by atoms with Crippen LogP contribution in [0, 0.1) is 0 Å². The molecular weight excluding hydrogens is 550 g/mol. The minimum Gasteiger partial charge on any atom is -0.435 e. The van der Waals surface area contributed by atoms with Crippen LogP contribution in [0.4, 0.5) is 0 Å². The van der Waals surface area contributed by atoms with E-state index in [1.807, 2.05) is 54.6 Å². The summed E-state index contributed by atoms with van der Waals surface area (Å²) < 4.78 is 6.41. The Hall–Kier alpha value is -6.13. The summed E-state index contributed by atoms with van der Waals surface area (Å²) >= 11 is 0. The molecule has 0 N–H and O–H groups in total. The molecule has 0 atom stereocenters. The highest BCUT2D eigenvalue weighted by atomic mass is 16.3. The highest BCUT2D eigenvalue weighted by Crippen LogP contribution is 2.37. The fourth-order valence-electron chi connectivity index (χ4n) is 6.20. The molecule has 0 unspecified atom stereocenters. The molecule has 4 heteroatoms. The second-order valence-corrected chi connectivity index (χ2v) is 11.3. The molecule has 0 saturated heterocycles. The summed E-state index contributed by atoms with van der Waals surface area (Å²) in [5, 5.41) is 6.75. The third-order valence-corrected chi connectivity index (χ3v) is 8.47. The Balaban J connectivity index is 1.22. The van der Waals surface area contributed by atoms with Crippen LogP contribution >= 0.6 is 0 Å². The summed E-state index contributed by atoms with van der Waals surface area (Å²) in [6.07, 6.45) is 0. The summed E-state index contributed by atoms with van der Waals surface area (Å²) in [5.41, 5.74) is 7.44. The topological polar surface area (TPSA) is 51.8 Å². The van der Waals surface area contributed by atoms with Crippen LogP contribution < -0.4 is 0 Å². The van der Waals surface area contributed by atoms with Crippen molar-refractivity contribution in [1.29, 1.82) is 0 Å². The normalized spacial score (nSPS) is 11.6. The molecule has 9 aromatic rings. The van der Waals surface area contributed by atoms with Gasteiger partial charge in [0.1, 0.15) is 5.52 Å². The van der Waals surface area contributed by atoms with Crippen LogP contribution in [0.5, 0.6) is 0 Å². The van der Waals surface area contributed by atoms with Gasteiger partial charge in [0.15, 0.2) is 11.4 Å². The van der Waals surface area contributed by atoms with Gasteiger partial charge in [-0.15, -0.1) is 0 Å². The Kier molecular flexibility index (Phi) is 5.78. The van der Waals surface area contributed by atoms with Gasteiger partial charge >= 0.3 is 0 Å². The number of fused-ring (bicyclic) bond motifs is 6. The van der Waals surface area contributed by atoms with Crippen molar-refractivity contribution in [1.82, 2.24) is 15.0 Å². The van der Waals surface area contributed by atoms with E-state index in [1.54, 1.807) is 0 Å². The highest BCUT2D eigenvalue weighted by Gasteiger charge is 2.16. The maximum atomic E-state index is 6.41. The molecule has 2 heterocycles. The fraction of sp³-hybridized carbons (Fsp3) is 0. The molecule has 0 spiro atoms. The van der Waals surface area contributed by atoms with Crippen LogP contribution in [-0.2, 0) is 0 Å². The zero-order chi connectivity index (χ0) is 29.7. The van der Waals surface area contributed by atoms with Gasteiger partial charge in [-0.25, -0.2) is 15.0 Å². The number of rotatable bonds is 4. The number of nitrogens with zero attached hydrogens (tertiary/aromatic N) is 3. The van der Waals surface area contributed by atoms with Gasteiger partial charge in [0.2, 0.25) is 5.89 Å². The molecule has 2 aromatic heterocycles. The smallest absolute Gasteiger partial charge is 0.227 e. The van der Waals surface area contributed by atoms with Gasteiger partial charge < -0.3 is 4.42 Å². The standard InChI is InChI=1S/C41H25N3O/c1-3-10-27(11-4-1)36-25-37(32-18-15-26-9-7-8-14-30(26)23-32)43-40(42-36)33-19-21-34-31(24-33)17-16-28-20-22-35-39(38(28)34)45-41(44-35)29-12-5-2-6-13-29/h1-25H. The third kappa shape index (κ3) is 4.43. The van der Waals surface area contributed by atoms with Crippen LogP contribution in [-0.4, -0.2) is 15.0 Å². The van der Waals surface area contributed by atoms with Crippen molar-refractivity contribution in [3.05, 3.63) is 152 Å². The monoisotopic (exact) mass is 575 g/mol. The quantitative estimate of drug-likeness (QED) is 0.196. The molecule has 0 radical (unpaired) electrons. The van der Waals surface area contributed by atoms with Gasteiger partial charge in [-0.1, -0.05) is 115 Å². The second kappa shape index (κ2) is 10.2. The van der Waals surface area contributed by atoms with Gasteiger partial charge in [-0.3, -0.25) is 0 Å². The Labute approximate surface area is 259 Å². The van der Waals surface area contributed by atoms with E-state index in [0.29, 0.717) is 11.7 Å². The summed E-state index contributed by atoms with van der Waals surface area (Å²) in [6.45, 7) is 0. The Morgan fingerprint density at radius 1 is 0.400 bits per heavy atom. The third-order valence-electron chi connectivity index (χ3n) is 8.47. The lowest BCUT2D eigenvalue weighted by Gasteiger charge is -2.11. The number of hydrogen-bond acceptors (Lipinski definition) is 4. The molecule has 0 amide bonds. The molecule has 0 fully saturated rings. The maximum absolute atomic E-state index is 6.41. The van der Waals surface area contributed by atoms with E-state index in [-0.39, 0.29) is 0 Å². The lowest BCUT2D eigenvalue weighted by atomic mass is 9.99. The maximum Gasteiger partial charge on any atom is 0.227 e. The van der Waals surface area contributed by atoms with Crippen molar-refractivity contribution < 1.29 is 4.42 Å². The van der Waals surface area contributed by atoms with Gasteiger partial charge in [-0.05, 0) is 63.3 Å². The first-order chi connectivity index (χ1) is 22.3. The Morgan fingerprint density at radius 2 is 1.02 bits per heavy atom. The molecule has 0 aliphatic heterocycles. The van der Waals surface area contributed by atoms with Crippen molar-refractivity contribution in [2.24, 2.45) is 0 Å². The first-order valence-corrected chi connectivity index (χ1v) is 15.0. The average Bonchev–Trinajstić information content (AvgIpc) is 3.56. The molecule has 0 aliphatic carbocycles. The fourth-order valence-corrected chi connectivity index (χ4v) is 6.20. The molecule has 0 saturated carbocycles. The summed E-state index contributed by atoms with van der Waals surface area (Å²) in [5.74, 6) is 1.31. The predicted octanol–water partition coefficient (Wildman–Crippen LogP) is 10.7. The average molecular weight is 576 g/mol. The molecular formula is C41H25N3O. The Bertz CT molecular complexity index is 2540. The number of oxazole rings is 1. The lowest BCUT2D eigenvalue weighted by molar-refractivity contribution is 0.623. The molecule has 7 aromatic carbocycles. The zero-order valence-corrected chi connectivity index (χ0v) is 24.2. The van der Waals surface area contributed by atoms with Crippen molar-refractivity contribution in [3.63, 3.8) is 0 Å². The summed E-state index contributed by atoms with van der Waals surface area (Å²) in [6, 6.07) is 52.2. The van der Waals surface area contributed by atoms with Crippen molar-refractivity contribution in [3.8, 4) is 45.4 Å². The Morgan fingerprint density at radius 3 is 1.84 bits per heavy atom. The molecule has 4 nitrogen and oxygen atoms in total. The van der Waals surface area contributed by atoms with E-state index in [0.717, 1.165) is 66.3 Å². The van der Waals surface area contributed by atoms with Crippen LogP contribution in [0.3, 0.4) is 0 Å². The van der Waals surface area contributed by atoms with Gasteiger partial charge in [0.25, 0.3) is 0 Å². The van der Waals surface area contributed by atoms with E-state index in [9.17, 15) is 0 Å². The highest BCUT2D eigenvalue weighted by molar-refractivity contribution is 6.18. The minimum absolute atomic E-state index is 0.624. The molecule has 0 aliphatic rings. The summed E-state index contributed by atoms with van der Waals surface area (Å²) in [7, 11) is 0. The number of hydrogen-bond donors (Lipinski definition) is 0. The van der Waals surface area contributed by atoms with Gasteiger partial charge in [-0.2, -0.15) is 0 Å². The molecule has 210 valence electrons. The zero-order valence-electron chi connectivity index (χ0n) is 24.2. The molecule has 45 heavy (non-hydrogen) atoms. The van der Waals surface area contributed by atoms with E-state index in [4.69, 9.17) is 19.4 Å². The first-order valence-electron chi connectivity index (χ1n) is 15.0. The van der Waals surface area contributed by atoms with E-state index >= 15 is 0 Å². The van der Waals surface area contributed by atoms with Crippen molar-refractivity contribution in [2.45, 2.75) is 0 Å².